The van der Waals surface area contributed by atoms with Gasteiger partial charge >= 0.3 is 6.18 Å². The van der Waals surface area contributed by atoms with Crippen LogP contribution >= 0.6 is 0 Å². The van der Waals surface area contributed by atoms with Crippen molar-refractivity contribution in [1.29, 1.82) is 0 Å². The number of alkyl halides is 3. The molecule has 0 aliphatic rings. The summed E-state index contributed by atoms with van der Waals surface area (Å²) in [5.41, 5.74) is 0.160. The van der Waals surface area contributed by atoms with Crippen LogP contribution in [0.15, 0.2) is 12.3 Å². The third-order valence-electron chi connectivity index (χ3n) is 1.30. The molecule has 0 aliphatic carbocycles. The number of aliphatic hydroxyl groups is 1. The molecule has 0 aromatic carbocycles. The molecule has 0 saturated heterocycles. The number of rotatable bonds is 2. The summed E-state index contributed by atoms with van der Waals surface area (Å²) < 4.78 is 36.1. The highest BCUT2D eigenvalue weighted by Gasteiger charge is 2.29. The molecule has 0 bridgehead atoms. The van der Waals surface area contributed by atoms with E-state index in [9.17, 15) is 13.2 Å². The molecule has 1 rings (SSSR count). The number of nitrogens with zero attached hydrogens (tertiary/aromatic N) is 2. The fourth-order valence-electron chi connectivity index (χ4n) is 0.807. The average molecular weight is 180 g/mol. The minimum Gasteiger partial charge on any atom is -0.390 e. The Morgan fingerprint density at radius 2 is 2.17 bits per heavy atom. The molecule has 0 unspecified atom stereocenters. The summed E-state index contributed by atoms with van der Waals surface area (Å²) in [4.78, 5) is 0. The van der Waals surface area contributed by atoms with E-state index in [1.807, 2.05) is 0 Å². The first-order valence-electron chi connectivity index (χ1n) is 3.21. The molecular weight excluding hydrogens is 173 g/mol. The number of aliphatic hydroxyl groups excluding tert-OH is 1. The van der Waals surface area contributed by atoms with Gasteiger partial charge in [0.1, 0.15) is 6.54 Å². The zero-order valence-corrected chi connectivity index (χ0v) is 6.04. The van der Waals surface area contributed by atoms with Crippen LogP contribution in [0.5, 0.6) is 0 Å². The first-order valence-corrected chi connectivity index (χ1v) is 3.21. The van der Waals surface area contributed by atoms with Crippen LogP contribution in [0.1, 0.15) is 5.69 Å². The largest absolute Gasteiger partial charge is 0.408 e. The lowest BCUT2D eigenvalue weighted by atomic mass is 10.4. The third kappa shape index (κ3) is 2.23. The maximum atomic E-state index is 11.8. The molecule has 1 aromatic heterocycles. The fraction of sp³-hybridized carbons (Fsp3) is 0.500. The van der Waals surface area contributed by atoms with E-state index in [2.05, 4.69) is 5.10 Å². The summed E-state index contributed by atoms with van der Waals surface area (Å²) in [5, 5.41) is 12.0. The molecule has 6 heteroatoms. The van der Waals surface area contributed by atoms with Gasteiger partial charge < -0.3 is 5.11 Å². The number of hydrogen-bond acceptors (Lipinski definition) is 2. The van der Waals surface area contributed by atoms with Crippen molar-refractivity contribution in [3.63, 3.8) is 0 Å². The molecule has 0 saturated carbocycles. The second kappa shape index (κ2) is 3.14. The Balaban J connectivity index is 2.75. The lowest BCUT2D eigenvalue weighted by molar-refractivity contribution is -0.143. The number of hydrogen-bond donors (Lipinski definition) is 1. The molecule has 1 heterocycles. The maximum absolute atomic E-state index is 11.8. The summed E-state index contributed by atoms with van der Waals surface area (Å²) in [6, 6.07) is 1.34. The SMILES string of the molecule is OCc1ccnn1CC(F)(F)F. The van der Waals surface area contributed by atoms with Gasteiger partial charge in [0, 0.05) is 6.20 Å². The average Bonchev–Trinajstić information content (AvgIpc) is 2.31. The van der Waals surface area contributed by atoms with E-state index < -0.39 is 19.3 Å². The van der Waals surface area contributed by atoms with Crippen LogP contribution in [0.4, 0.5) is 13.2 Å². The minimum atomic E-state index is -4.30. The van der Waals surface area contributed by atoms with Crippen LogP contribution in [0.25, 0.3) is 0 Å². The van der Waals surface area contributed by atoms with Gasteiger partial charge in [-0.2, -0.15) is 18.3 Å². The van der Waals surface area contributed by atoms with E-state index in [1.165, 1.54) is 12.3 Å². The fourth-order valence-corrected chi connectivity index (χ4v) is 0.807. The second-order valence-electron chi connectivity index (χ2n) is 2.25. The van der Waals surface area contributed by atoms with Gasteiger partial charge in [0.05, 0.1) is 12.3 Å². The van der Waals surface area contributed by atoms with Gasteiger partial charge in [0.2, 0.25) is 0 Å². The normalized spacial score (nSPS) is 12.0. The Kier molecular flexibility index (Phi) is 2.37. The molecule has 0 atom stereocenters. The van der Waals surface area contributed by atoms with Gasteiger partial charge in [-0.3, -0.25) is 4.68 Å². The lowest BCUT2D eigenvalue weighted by Crippen LogP contribution is -2.20. The van der Waals surface area contributed by atoms with Crippen molar-refractivity contribution in [3.8, 4) is 0 Å². The molecule has 3 nitrogen and oxygen atoms in total. The van der Waals surface area contributed by atoms with Crippen molar-refractivity contribution >= 4 is 0 Å². The summed E-state index contributed by atoms with van der Waals surface area (Å²) in [7, 11) is 0. The van der Waals surface area contributed by atoms with E-state index in [-0.39, 0.29) is 5.69 Å². The third-order valence-corrected chi connectivity index (χ3v) is 1.30. The highest BCUT2D eigenvalue weighted by Crippen LogP contribution is 2.17. The van der Waals surface area contributed by atoms with Gasteiger partial charge in [0.15, 0.2) is 0 Å². The molecule has 0 aliphatic heterocycles. The van der Waals surface area contributed by atoms with Crippen LogP contribution in [0.2, 0.25) is 0 Å². The van der Waals surface area contributed by atoms with Gasteiger partial charge in [-0.1, -0.05) is 0 Å². The zero-order valence-electron chi connectivity index (χ0n) is 6.04. The van der Waals surface area contributed by atoms with Crippen LogP contribution in [0.3, 0.4) is 0 Å². The smallest absolute Gasteiger partial charge is 0.390 e. The van der Waals surface area contributed by atoms with E-state index in [1.54, 1.807) is 0 Å². The summed E-state index contributed by atoms with van der Waals surface area (Å²) in [6.07, 6.45) is -3.08. The zero-order chi connectivity index (χ0) is 9.19. The number of aromatic nitrogens is 2. The van der Waals surface area contributed by atoms with Crippen molar-refractivity contribution in [1.82, 2.24) is 9.78 Å². The molecule has 0 radical (unpaired) electrons. The van der Waals surface area contributed by atoms with Gasteiger partial charge in [-0.15, -0.1) is 0 Å². The maximum Gasteiger partial charge on any atom is 0.408 e. The lowest BCUT2D eigenvalue weighted by Gasteiger charge is -2.08. The van der Waals surface area contributed by atoms with E-state index in [0.717, 1.165) is 4.68 Å². The van der Waals surface area contributed by atoms with Gasteiger partial charge in [-0.25, -0.2) is 0 Å². The first-order chi connectivity index (χ1) is 5.53. The van der Waals surface area contributed by atoms with Crippen LogP contribution in [-0.2, 0) is 13.2 Å². The van der Waals surface area contributed by atoms with Crippen molar-refractivity contribution in [2.75, 3.05) is 0 Å². The van der Waals surface area contributed by atoms with Crippen molar-refractivity contribution in [2.45, 2.75) is 19.3 Å². The summed E-state index contributed by atoms with van der Waals surface area (Å²) >= 11 is 0. The predicted octanol–water partition coefficient (Wildman–Crippen LogP) is 0.938. The standard InChI is InChI=1S/C6H7F3N2O/c7-6(8,9)4-11-5(3-12)1-2-10-11/h1-2,12H,3-4H2. The Labute approximate surface area is 66.4 Å². The Morgan fingerprint density at radius 3 is 2.67 bits per heavy atom. The molecule has 1 N–H and O–H groups in total. The summed E-state index contributed by atoms with van der Waals surface area (Å²) in [5.74, 6) is 0. The molecular formula is C6H7F3N2O. The van der Waals surface area contributed by atoms with Crippen LogP contribution < -0.4 is 0 Å². The Bertz CT molecular complexity index is 256. The van der Waals surface area contributed by atoms with E-state index >= 15 is 0 Å². The highest BCUT2D eigenvalue weighted by molar-refractivity contribution is 4.98. The quantitative estimate of drug-likeness (QED) is 0.735. The van der Waals surface area contributed by atoms with Crippen molar-refractivity contribution in [3.05, 3.63) is 18.0 Å². The molecule has 0 fully saturated rings. The van der Waals surface area contributed by atoms with Crippen LogP contribution in [-0.4, -0.2) is 21.1 Å². The summed E-state index contributed by atoms with van der Waals surface area (Å²) in [6.45, 7) is -1.59. The van der Waals surface area contributed by atoms with Gasteiger partial charge in [-0.05, 0) is 6.07 Å². The predicted molar refractivity (Wildman–Crippen MR) is 34.2 cm³/mol. The Hall–Kier alpha value is -1.04. The molecule has 0 amide bonds. The van der Waals surface area contributed by atoms with Crippen molar-refractivity contribution in [2.24, 2.45) is 0 Å². The van der Waals surface area contributed by atoms with E-state index in [0.29, 0.717) is 0 Å². The van der Waals surface area contributed by atoms with Crippen molar-refractivity contribution < 1.29 is 18.3 Å². The molecule has 0 spiro atoms. The minimum absolute atomic E-state index is 0.160. The monoisotopic (exact) mass is 180 g/mol. The van der Waals surface area contributed by atoms with E-state index in [4.69, 9.17) is 5.11 Å². The number of halogens is 3. The highest BCUT2D eigenvalue weighted by atomic mass is 19.4. The topological polar surface area (TPSA) is 38.1 Å². The molecule has 12 heavy (non-hydrogen) atoms. The van der Waals surface area contributed by atoms with Gasteiger partial charge in [0.25, 0.3) is 0 Å². The molecule has 68 valence electrons. The second-order valence-corrected chi connectivity index (χ2v) is 2.25. The van der Waals surface area contributed by atoms with Crippen LogP contribution in [0, 0.1) is 0 Å². The first kappa shape index (κ1) is 9.05. The Morgan fingerprint density at radius 1 is 1.50 bits per heavy atom. The molecule has 1 aromatic rings.